The molecule has 0 aliphatic carbocycles. The summed E-state index contributed by atoms with van der Waals surface area (Å²) >= 11 is 9.30. The summed E-state index contributed by atoms with van der Waals surface area (Å²) < 4.78 is 0.890. The van der Waals surface area contributed by atoms with Crippen LogP contribution in [0.25, 0.3) is 0 Å². The van der Waals surface area contributed by atoms with Crippen LogP contribution in [0.3, 0.4) is 0 Å². The quantitative estimate of drug-likeness (QED) is 0.831. The number of benzene rings is 1. The van der Waals surface area contributed by atoms with Crippen LogP contribution in [0.15, 0.2) is 22.7 Å². The zero-order valence-corrected chi connectivity index (χ0v) is 12.9. The number of carbonyl (C=O) groups excluding carboxylic acids is 1. The number of rotatable bonds is 6. The maximum atomic E-state index is 11.7. The maximum Gasteiger partial charge on any atom is 0.239 e. The molecule has 0 heterocycles. The van der Waals surface area contributed by atoms with Crippen LogP contribution in [0, 0.1) is 0 Å². The van der Waals surface area contributed by atoms with Crippen molar-refractivity contribution >= 4 is 39.1 Å². The van der Waals surface area contributed by atoms with Gasteiger partial charge < -0.3 is 10.6 Å². The zero-order chi connectivity index (χ0) is 13.5. The summed E-state index contributed by atoms with van der Waals surface area (Å²) in [5.74, 6) is -0.0113. The summed E-state index contributed by atoms with van der Waals surface area (Å²) in [5.41, 5.74) is 0.820. The third-order valence-electron chi connectivity index (χ3n) is 2.50. The van der Waals surface area contributed by atoms with Crippen LogP contribution in [0.2, 0.25) is 5.02 Å². The highest BCUT2D eigenvalue weighted by atomic mass is 79.9. The van der Waals surface area contributed by atoms with E-state index in [1.807, 2.05) is 13.0 Å². The lowest BCUT2D eigenvalue weighted by atomic mass is 10.2. The van der Waals surface area contributed by atoms with Crippen molar-refractivity contribution in [2.75, 3.05) is 11.9 Å². The summed E-state index contributed by atoms with van der Waals surface area (Å²) in [5, 5.41) is 6.63. The smallest absolute Gasteiger partial charge is 0.239 e. The van der Waals surface area contributed by atoms with Gasteiger partial charge in [-0.05, 0) is 47.5 Å². The van der Waals surface area contributed by atoms with Gasteiger partial charge in [0.05, 0.1) is 12.2 Å². The number of anilines is 1. The van der Waals surface area contributed by atoms with Crippen molar-refractivity contribution in [2.24, 2.45) is 0 Å². The fourth-order valence-corrected chi connectivity index (χ4v) is 2.20. The van der Waals surface area contributed by atoms with E-state index in [1.165, 1.54) is 0 Å². The molecule has 18 heavy (non-hydrogen) atoms. The Bertz CT molecular complexity index is 412. The van der Waals surface area contributed by atoms with Crippen LogP contribution in [0.5, 0.6) is 0 Å². The Hall–Kier alpha value is -0.740. The van der Waals surface area contributed by atoms with Gasteiger partial charge in [-0.25, -0.2) is 0 Å². The molecule has 0 aliphatic rings. The summed E-state index contributed by atoms with van der Waals surface area (Å²) in [6.07, 6.45) is 2.06. The molecule has 1 aromatic rings. The summed E-state index contributed by atoms with van der Waals surface area (Å²) in [6.45, 7) is 4.35. The molecule has 3 nitrogen and oxygen atoms in total. The molecule has 0 fully saturated rings. The van der Waals surface area contributed by atoms with Gasteiger partial charge in [-0.3, -0.25) is 4.79 Å². The van der Waals surface area contributed by atoms with Crippen LogP contribution >= 0.6 is 27.5 Å². The molecule has 0 saturated carbocycles. The van der Waals surface area contributed by atoms with Crippen molar-refractivity contribution in [2.45, 2.75) is 32.7 Å². The standard InChI is InChI=1S/C13H18BrClN2O/c1-3-4-9(2)17-13(18)8-16-12-7-10(15)5-6-11(12)14/h5-7,9,16H,3-4,8H2,1-2H3,(H,17,18). The molecule has 0 bridgehead atoms. The van der Waals surface area contributed by atoms with Crippen molar-refractivity contribution in [1.82, 2.24) is 5.32 Å². The molecule has 2 N–H and O–H groups in total. The molecule has 1 rings (SSSR count). The summed E-state index contributed by atoms with van der Waals surface area (Å²) in [6, 6.07) is 5.64. The van der Waals surface area contributed by atoms with E-state index in [2.05, 4.69) is 33.5 Å². The van der Waals surface area contributed by atoms with Gasteiger partial charge >= 0.3 is 0 Å². The Morgan fingerprint density at radius 3 is 2.89 bits per heavy atom. The first-order chi connectivity index (χ1) is 8.52. The first-order valence-electron chi connectivity index (χ1n) is 6.01. The second kappa shape index (κ2) is 7.64. The van der Waals surface area contributed by atoms with Crippen LogP contribution < -0.4 is 10.6 Å². The molecule has 100 valence electrons. The van der Waals surface area contributed by atoms with Crippen LogP contribution in [0.4, 0.5) is 5.69 Å². The Balaban J connectivity index is 2.45. The van der Waals surface area contributed by atoms with E-state index in [-0.39, 0.29) is 18.5 Å². The first-order valence-corrected chi connectivity index (χ1v) is 7.18. The lowest BCUT2D eigenvalue weighted by Gasteiger charge is -2.14. The van der Waals surface area contributed by atoms with Crippen molar-refractivity contribution in [3.8, 4) is 0 Å². The van der Waals surface area contributed by atoms with Gasteiger partial charge in [0.2, 0.25) is 5.91 Å². The highest BCUT2D eigenvalue weighted by Gasteiger charge is 2.07. The minimum atomic E-state index is -0.0113. The number of hydrogen-bond acceptors (Lipinski definition) is 2. The van der Waals surface area contributed by atoms with E-state index in [0.29, 0.717) is 5.02 Å². The number of amides is 1. The average Bonchev–Trinajstić information content (AvgIpc) is 2.30. The number of halogens is 2. The lowest BCUT2D eigenvalue weighted by Crippen LogP contribution is -2.36. The van der Waals surface area contributed by atoms with Gasteiger partial charge in [0.15, 0.2) is 0 Å². The molecule has 0 aromatic heterocycles. The Kier molecular flexibility index (Phi) is 6.50. The minimum Gasteiger partial charge on any atom is -0.375 e. The highest BCUT2D eigenvalue weighted by molar-refractivity contribution is 9.10. The number of carbonyl (C=O) groups is 1. The second-order valence-electron chi connectivity index (χ2n) is 4.23. The third-order valence-corrected chi connectivity index (χ3v) is 3.42. The lowest BCUT2D eigenvalue weighted by molar-refractivity contribution is -0.120. The van der Waals surface area contributed by atoms with Gasteiger partial charge in [-0.1, -0.05) is 24.9 Å². The Labute approximate surface area is 121 Å². The molecular weight excluding hydrogens is 316 g/mol. The SMILES string of the molecule is CCCC(C)NC(=O)CNc1cc(Cl)ccc1Br. The number of nitrogens with one attached hydrogen (secondary N) is 2. The average molecular weight is 334 g/mol. The number of hydrogen-bond donors (Lipinski definition) is 2. The van der Waals surface area contributed by atoms with Crippen molar-refractivity contribution in [3.63, 3.8) is 0 Å². The topological polar surface area (TPSA) is 41.1 Å². The van der Waals surface area contributed by atoms with E-state index in [9.17, 15) is 4.79 Å². The molecule has 1 unspecified atom stereocenters. The van der Waals surface area contributed by atoms with E-state index in [0.717, 1.165) is 23.0 Å². The molecule has 0 radical (unpaired) electrons. The van der Waals surface area contributed by atoms with E-state index >= 15 is 0 Å². The van der Waals surface area contributed by atoms with Gasteiger partial charge in [0.1, 0.15) is 0 Å². The first kappa shape index (κ1) is 15.3. The monoisotopic (exact) mass is 332 g/mol. The molecule has 5 heteroatoms. The summed E-state index contributed by atoms with van der Waals surface area (Å²) in [4.78, 5) is 11.7. The predicted molar refractivity (Wildman–Crippen MR) is 80.2 cm³/mol. The molecule has 0 spiro atoms. The third kappa shape index (κ3) is 5.27. The van der Waals surface area contributed by atoms with Gasteiger partial charge in [0.25, 0.3) is 0 Å². The van der Waals surface area contributed by atoms with Crippen LogP contribution in [-0.2, 0) is 4.79 Å². The second-order valence-corrected chi connectivity index (χ2v) is 5.53. The molecule has 1 aromatic carbocycles. The van der Waals surface area contributed by atoms with Crippen molar-refractivity contribution in [1.29, 1.82) is 0 Å². The minimum absolute atomic E-state index is 0.0113. The van der Waals surface area contributed by atoms with E-state index in [1.54, 1.807) is 12.1 Å². The Morgan fingerprint density at radius 1 is 1.50 bits per heavy atom. The highest BCUT2D eigenvalue weighted by Crippen LogP contribution is 2.25. The Morgan fingerprint density at radius 2 is 2.22 bits per heavy atom. The molecule has 1 amide bonds. The van der Waals surface area contributed by atoms with E-state index < -0.39 is 0 Å². The van der Waals surface area contributed by atoms with Crippen molar-refractivity contribution < 1.29 is 4.79 Å². The normalized spacial score (nSPS) is 12.0. The van der Waals surface area contributed by atoms with Crippen LogP contribution in [-0.4, -0.2) is 18.5 Å². The molecule has 0 saturated heterocycles. The molecular formula is C13H18BrClN2O. The van der Waals surface area contributed by atoms with Gasteiger partial charge in [0, 0.05) is 15.5 Å². The summed E-state index contributed by atoms with van der Waals surface area (Å²) in [7, 11) is 0. The van der Waals surface area contributed by atoms with E-state index in [4.69, 9.17) is 11.6 Å². The largest absolute Gasteiger partial charge is 0.375 e. The van der Waals surface area contributed by atoms with Crippen LogP contribution in [0.1, 0.15) is 26.7 Å². The molecule has 1 atom stereocenters. The van der Waals surface area contributed by atoms with Gasteiger partial charge in [-0.2, -0.15) is 0 Å². The fourth-order valence-electron chi connectivity index (χ4n) is 1.64. The fraction of sp³-hybridized carbons (Fsp3) is 0.462. The zero-order valence-electron chi connectivity index (χ0n) is 10.6. The predicted octanol–water partition coefficient (Wildman–Crippen LogP) is 3.82. The molecule has 0 aliphatic heterocycles. The van der Waals surface area contributed by atoms with Crippen molar-refractivity contribution in [3.05, 3.63) is 27.7 Å². The maximum absolute atomic E-state index is 11.7. The van der Waals surface area contributed by atoms with Gasteiger partial charge in [-0.15, -0.1) is 0 Å².